The van der Waals surface area contributed by atoms with Crippen LogP contribution in [0, 0.1) is 0 Å². The third-order valence-electron chi connectivity index (χ3n) is 1.57. The molecule has 5 N–H and O–H groups in total. The van der Waals surface area contributed by atoms with E-state index in [-0.39, 0.29) is 18.7 Å². The molecule has 0 spiro atoms. The van der Waals surface area contributed by atoms with Crippen molar-refractivity contribution in [3.63, 3.8) is 0 Å². The van der Waals surface area contributed by atoms with Gasteiger partial charge in [-0.25, -0.2) is 0 Å². The lowest BCUT2D eigenvalue weighted by Gasteiger charge is -2.14. The predicted octanol–water partition coefficient (Wildman–Crippen LogP) is -0.304. The van der Waals surface area contributed by atoms with Crippen LogP contribution in [0.3, 0.4) is 0 Å². The van der Waals surface area contributed by atoms with Crippen molar-refractivity contribution in [2.75, 3.05) is 12.8 Å². The molecule has 0 unspecified atom stereocenters. The Morgan fingerprint density at radius 1 is 1.50 bits per heavy atom. The molecule has 0 aromatic carbocycles. The van der Waals surface area contributed by atoms with Crippen molar-refractivity contribution in [3.05, 3.63) is 0 Å². The molecule has 2 atom stereocenters. The Morgan fingerprint density at radius 2 is 2.07 bits per heavy atom. The summed E-state index contributed by atoms with van der Waals surface area (Å²) in [6.45, 7) is -0.141. The van der Waals surface area contributed by atoms with Crippen molar-refractivity contribution in [2.45, 2.75) is 17.7 Å². The number of Topliss-reactive ketones (excluding diaryl/α,β-unsaturated/α-hetero) is 1. The molecule has 0 amide bonds. The van der Waals surface area contributed by atoms with Crippen molar-refractivity contribution in [2.24, 2.45) is 11.5 Å². The fraction of sp³-hybridized carbons (Fsp3) is 0.714. The zero-order valence-corrected chi connectivity index (χ0v) is 9.44. The predicted molar refractivity (Wildman–Crippen MR) is 59.2 cm³/mol. The van der Waals surface area contributed by atoms with Crippen LogP contribution in [0.5, 0.6) is 0 Å². The van der Waals surface area contributed by atoms with Gasteiger partial charge in [0.15, 0.2) is 5.78 Å². The zero-order valence-electron chi connectivity index (χ0n) is 7.80. The monoisotopic (exact) mass is 238 g/mol. The quantitative estimate of drug-likeness (QED) is 0.522. The van der Waals surface area contributed by atoms with Gasteiger partial charge in [-0.3, -0.25) is 9.59 Å². The number of hydrogen-bond acceptors (Lipinski definition) is 6. The van der Waals surface area contributed by atoms with E-state index in [1.165, 1.54) is 21.6 Å². The van der Waals surface area contributed by atoms with Gasteiger partial charge >= 0.3 is 5.97 Å². The van der Waals surface area contributed by atoms with Gasteiger partial charge in [-0.2, -0.15) is 0 Å². The van der Waals surface area contributed by atoms with E-state index in [9.17, 15) is 9.59 Å². The normalized spacial score (nSPS) is 14.8. The first kappa shape index (κ1) is 13.8. The first-order valence-electron chi connectivity index (χ1n) is 3.93. The number of carbonyl (C=O) groups excluding carboxylic acids is 1. The van der Waals surface area contributed by atoms with Crippen LogP contribution >= 0.6 is 21.6 Å². The van der Waals surface area contributed by atoms with Gasteiger partial charge in [-0.15, -0.1) is 0 Å². The standard InChI is InChI=1S/C7H14N2O3S2/c1-13-14-6(7(11)12)2-4(9)5(10)3-8/h4,6H,2-3,8-9H2,1H3,(H,11,12)/t4-,6-/m0/s1. The van der Waals surface area contributed by atoms with E-state index in [0.717, 1.165) is 0 Å². The van der Waals surface area contributed by atoms with Crippen molar-refractivity contribution < 1.29 is 14.7 Å². The van der Waals surface area contributed by atoms with Crippen LogP contribution in [-0.4, -0.2) is 41.0 Å². The van der Waals surface area contributed by atoms with Crippen LogP contribution in [0.25, 0.3) is 0 Å². The molecule has 0 aliphatic rings. The van der Waals surface area contributed by atoms with Gasteiger partial charge in [0.1, 0.15) is 5.25 Å². The summed E-state index contributed by atoms with van der Waals surface area (Å²) in [7, 11) is 2.52. The second-order valence-electron chi connectivity index (χ2n) is 2.60. The molecular formula is C7H14N2O3S2. The summed E-state index contributed by atoms with van der Waals surface area (Å²) in [5, 5.41) is 8.12. The number of hydrogen-bond donors (Lipinski definition) is 3. The van der Waals surface area contributed by atoms with Crippen LogP contribution in [-0.2, 0) is 9.59 Å². The summed E-state index contributed by atoms with van der Waals surface area (Å²) in [6, 6.07) is -0.777. The molecule has 0 heterocycles. The van der Waals surface area contributed by atoms with Gasteiger partial charge in [-0.1, -0.05) is 21.6 Å². The first-order valence-corrected chi connectivity index (χ1v) is 6.55. The van der Waals surface area contributed by atoms with Gasteiger partial charge in [0.2, 0.25) is 0 Å². The van der Waals surface area contributed by atoms with E-state index in [0.29, 0.717) is 0 Å². The number of aliphatic carboxylic acids is 1. The maximum Gasteiger partial charge on any atom is 0.317 e. The highest BCUT2D eigenvalue weighted by Crippen LogP contribution is 2.26. The number of carboxylic acids is 1. The fourth-order valence-corrected chi connectivity index (χ4v) is 2.59. The SMILES string of the molecule is CSS[C@@H](C[C@H](N)C(=O)CN)C(=O)O. The molecule has 0 aliphatic carbocycles. The Hall–Kier alpha value is -0.240. The van der Waals surface area contributed by atoms with Crippen molar-refractivity contribution in [1.82, 2.24) is 0 Å². The summed E-state index contributed by atoms with van der Waals surface area (Å²) >= 11 is 0. The number of carbonyl (C=O) groups is 2. The van der Waals surface area contributed by atoms with Gasteiger partial charge < -0.3 is 16.6 Å². The zero-order chi connectivity index (χ0) is 11.1. The van der Waals surface area contributed by atoms with Gasteiger partial charge in [0.25, 0.3) is 0 Å². The highest BCUT2D eigenvalue weighted by Gasteiger charge is 2.24. The molecule has 0 bridgehead atoms. The fourth-order valence-electron chi connectivity index (χ4n) is 0.811. The lowest BCUT2D eigenvalue weighted by molar-refractivity contribution is -0.136. The van der Waals surface area contributed by atoms with Crippen LogP contribution in [0.2, 0.25) is 0 Å². The summed E-state index contributed by atoms with van der Waals surface area (Å²) in [5.41, 5.74) is 10.6. The van der Waals surface area contributed by atoms with Gasteiger partial charge in [0.05, 0.1) is 12.6 Å². The van der Waals surface area contributed by atoms with Crippen LogP contribution in [0.15, 0.2) is 0 Å². The van der Waals surface area contributed by atoms with Gasteiger partial charge in [-0.05, 0) is 12.7 Å². The van der Waals surface area contributed by atoms with E-state index in [2.05, 4.69) is 0 Å². The molecule has 0 radical (unpaired) electrons. The Kier molecular flexibility index (Phi) is 6.98. The third-order valence-corrected chi connectivity index (χ3v) is 3.66. The Balaban J connectivity index is 4.15. The lowest BCUT2D eigenvalue weighted by Crippen LogP contribution is -2.39. The van der Waals surface area contributed by atoms with E-state index in [1.54, 1.807) is 6.26 Å². The Bertz CT molecular complexity index is 213. The number of ketones is 1. The molecule has 7 heteroatoms. The molecule has 0 saturated carbocycles. The Morgan fingerprint density at radius 3 is 2.43 bits per heavy atom. The molecule has 14 heavy (non-hydrogen) atoms. The average molecular weight is 238 g/mol. The molecule has 0 aromatic heterocycles. The van der Waals surface area contributed by atoms with Crippen molar-refractivity contribution in [3.8, 4) is 0 Å². The summed E-state index contributed by atoms with van der Waals surface area (Å²) in [4.78, 5) is 21.7. The topological polar surface area (TPSA) is 106 Å². The molecule has 5 nitrogen and oxygen atoms in total. The van der Waals surface area contributed by atoms with E-state index < -0.39 is 17.3 Å². The van der Waals surface area contributed by atoms with Crippen molar-refractivity contribution in [1.29, 1.82) is 0 Å². The molecule has 0 fully saturated rings. The molecule has 0 rings (SSSR count). The highest BCUT2D eigenvalue weighted by molar-refractivity contribution is 8.76. The lowest BCUT2D eigenvalue weighted by atomic mass is 10.1. The minimum atomic E-state index is -0.954. The average Bonchev–Trinajstić information content (AvgIpc) is 2.15. The van der Waals surface area contributed by atoms with Crippen molar-refractivity contribution >= 4 is 33.3 Å². The van der Waals surface area contributed by atoms with Crippen LogP contribution in [0.1, 0.15) is 6.42 Å². The maximum atomic E-state index is 11.0. The molecular weight excluding hydrogens is 224 g/mol. The maximum absolute atomic E-state index is 11.0. The molecule has 82 valence electrons. The minimum Gasteiger partial charge on any atom is -0.480 e. The molecule has 0 saturated heterocycles. The second kappa shape index (κ2) is 7.10. The summed E-state index contributed by atoms with van der Waals surface area (Å²) in [5.74, 6) is -1.26. The smallest absolute Gasteiger partial charge is 0.317 e. The largest absolute Gasteiger partial charge is 0.480 e. The molecule has 0 aromatic rings. The summed E-state index contributed by atoms with van der Waals surface area (Å²) in [6.07, 6.45) is 1.90. The highest BCUT2D eigenvalue weighted by atomic mass is 33.1. The Labute approximate surface area is 90.4 Å². The minimum absolute atomic E-state index is 0.122. The number of carboxylic acid groups (broad SMARTS) is 1. The summed E-state index contributed by atoms with van der Waals surface area (Å²) < 4.78 is 0. The molecule has 0 aliphatic heterocycles. The van der Waals surface area contributed by atoms with E-state index in [4.69, 9.17) is 16.6 Å². The number of nitrogens with two attached hydrogens (primary N) is 2. The van der Waals surface area contributed by atoms with E-state index in [1.807, 2.05) is 0 Å². The van der Waals surface area contributed by atoms with Crippen LogP contribution in [0.4, 0.5) is 0 Å². The van der Waals surface area contributed by atoms with Gasteiger partial charge in [0, 0.05) is 0 Å². The first-order chi connectivity index (χ1) is 6.52. The second-order valence-corrected chi connectivity index (χ2v) is 5.27. The van der Waals surface area contributed by atoms with Crippen LogP contribution < -0.4 is 11.5 Å². The van der Waals surface area contributed by atoms with E-state index >= 15 is 0 Å². The third kappa shape index (κ3) is 4.85. The number of rotatable bonds is 7.